The molecule has 0 spiro atoms. The SMILES string of the molecule is OCCN1CCCN(Cc2noc(-c3ccsc3)n2)CC1. The topological polar surface area (TPSA) is 65.6 Å². The molecule has 0 aromatic carbocycles. The van der Waals surface area contributed by atoms with Crippen molar-refractivity contribution in [2.75, 3.05) is 39.3 Å². The van der Waals surface area contributed by atoms with E-state index in [2.05, 4.69) is 19.9 Å². The minimum atomic E-state index is 0.231. The van der Waals surface area contributed by atoms with Gasteiger partial charge in [-0.1, -0.05) is 5.16 Å². The van der Waals surface area contributed by atoms with Crippen molar-refractivity contribution in [1.82, 2.24) is 19.9 Å². The zero-order chi connectivity index (χ0) is 14.5. The van der Waals surface area contributed by atoms with Crippen LogP contribution in [0.25, 0.3) is 11.5 Å². The van der Waals surface area contributed by atoms with Crippen LogP contribution in [0.1, 0.15) is 12.2 Å². The summed E-state index contributed by atoms with van der Waals surface area (Å²) < 4.78 is 5.32. The molecule has 21 heavy (non-hydrogen) atoms. The lowest BCUT2D eigenvalue weighted by molar-refractivity contribution is 0.195. The van der Waals surface area contributed by atoms with Gasteiger partial charge in [0.15, 0.2) is 5.82 Å². The summed E-state index contributed by atoms with van der Waals surface area (Å²) in [5.41, 5.74) is 0.990. The van der Waals surface area contributed by atoms with Gasteiger partial charge in [0, 0.05) is 25.0 Å². The Bertz CT molecular complexity index is 543. The first-order valence-electron chi connectivity index (χ1n) is 7.26. The number of rotatable bonds is 5. The minimum Gasteiger partial charge on any atom is -0.395 e. The predicted molar refractivity (Wildman–Crippen MR) is 81.0 cm³/mol. The zero-order valence-electron chi connectivity index (χ0n) is 11.9. The molecule has 2 aromatic rings. The molecule has 1 N–H and O–H groups in total. The minimum absolute atomic E-state index is 0.231. The molecule has 0 amide bonds. The molecule has 0 bridgehead atoms. The van der Waals surface area contributed by atoms with Gasteiger partial charge in [-0.25, -0.2) is 0 Å². The Morgan fingerprint density at radius 2 is 2.10 bits per heavy atom. The van der Waals surface area contributed by atoms with Crippen LogP contribution >= 0.6 is 11.3 Å². The van der Waals surface area contributed by atoms with Gasteiger partial charge >= 0.3 is 0 Å². The molecule has 114 valence electrons. The number of hydrogen-bond donors (Lipinski definition) is 1. The molecule has 6 nitrogen and oxygen atoms in total. The van der Waals surface area contributed by atoms with Crippen LogP contribution in [0, 0.1) is 0 Å². The average molecular weight is 308 g/mol. The van der Waals surface area contributed by atoms with Crippen LogP contribution in [-0.2, 0) is 6.54 Å². The van der Waals surface area contributed by atoms with E-state index in [0.717, 1.165) is 57.1 Å². The molecule has 0 aliphatic carbocycles. The van der Waals surface area contributed by atoms with Gasteiger partial charge in [-0.3, -0.25) is 9.80 Å². The first-order valence-corrected chi connectivity index (χ1v) is 8.20. The van der Waals surface area contributed by atoms with Crippen LogP contribution in [0.4, 0.5) is 0 Å². The normalized spacial score (nSPS) is 18.0. The highest BCUT2D eigenvalue weighted by molar-refractivity contribution is 7.08. The summed E-state index contributed by atoms with van der Waals surface area (Å²) in [6.45, 7) is 5.75. The fourth-order valence-electron chi connectivity index (χ4n) is 2.57. The van der Waals surface area contributed by atoms with Crippen LogP contribution in [0.5, 0.6) is 0 Å². The summed E-state index contributed by atoms with van der Waals surface area (Å²) in [7, 11) is 0. The standard InChI is InChI=1S/C14H20N4O2S/c19-8-7-17-3-1-4-18(6-5-17)10-13-15-14(20-16-13)12-2-9-21-11-12/h2,9,11,19H,1,3-8,10H2. The Morgan fingerprint density at radius 1 is 1.24 bits per heavy atom. The van der Waals surface area contributed by atoms with Gasteiger partial charge < -0.3 is 9.63 Å². The number of aromatic nitrogens is 2. The third kappa shape index (κ3) is 3.88. The van der Waals surface area contributed by atoms with Crippen molar-refractivity contribution in [2.45, 2.75) is 13.0 Å². The van der Waals surface area contributed by atoms with Gasteiger partial charge in [0.05, 0.1) is 18.7 Å². The maximum atomic E-state index is 9.02. The summed E-state index contributed by atoms with van der Waals surface area (Å²) in [5.74, 6) is 1.34. The van der Waals surface area contributed by atoms with E-state index in [1.165, 1.54) is 0 Å². The lowest BCUT2D eigenvalue weighted by Gasteiger charge is -2.19. The van der Waals surface area contributed by atoms with Crippen molar-refractivity contribution in [2.24, 2.45) is 0 Å². The third-order valence-electron chi connectivity index (χ3n) is 3.70. The van der Waals surface area contributed by atoms with Crippen molar-refractivity contribution in [3.05, 3.63) is 22.7 Å². The van der Waals surface area contributed by atoms with Crippen molar-refractivity contribution >= 4 is 11.3 Å². The fraction of sp³-hybridized carbons (Fsp3) is 0.571. The summed E-state index contributed by atoms with van der Waals surface area (Å²) in [6.07, 6.45) is 1.11. The Kier molecular flexibility index (Phi) is 4.97. The van der Waals surface area contributed by atoms with E-state index in [9.17, 15) is 0 Å². The highest BCUT2D eigenvalue weighted by Gasteiger charge is 2.17. The molecular formula is C14H20N4O2S. The number of aliphatic hydroxyl groups is 1. The van der Waals surface area contributed by atoms with Crippen LogP contribution in [-0.4, -0.2) is 64.4 Å². The lowest BCUT2D eigenvalue weighted by Crippen LogP contribution is -2.32. The highest BCUT2D eigenvalue weighted by Crippen LogP contribution is 2.20. The quantitative estimate of drug-likeness (QED) is 0.898. The Labute approximate surface area is 128 Å². The summed E-state index contributed by atoms with van der Waals surface area (Å²) in [4.78, 5) is 9.11. The second-order valence-corrected chi connectivity index (χ2v) is 6.00. The molecule has 0 unspecified atom stereocenters. The zero-order valence-corrected chi connectivity index (χ0v) is 12.8. The van der Waals surface area contributed by atoms with E-state index in [1.54, 1.807) is 11.3 Å². The number of β-amino-alcohol motifs (C(OH)–C–C–N with tert-alkyl or cyclic N) is 1. The van der Waals surface area contributed by atoms with Crippen molar-refractivity contribution < 1.29 is 9.63 Å². The van der Waals surface area contributed by atoms with E-state index in [4.69, 9.17) is 9.63 Å². The molecule has 1 saturated heterocycles. The van der Waals surface area contributed by atoms with Gasteiger partial charge in [-0.2, -0.15) is 16.3 Å². The van der Waals surface area contributed by atoms with Gasteiger partial charge in [-0.05, 0) is 31.0 Å². The number of aliphatic hydroxyl groups excluding tert-OH is 1. The second kappa shape index (κ2) is 7.13. The van der Waals surface area contributed by atoms with Crippen molar-refractivity contribution in [3.8, 4) is 11.5 Å². The Balaban J connectivity index is 1.57. The average Bonchev–Trinajstić information content (AvgIpc) is 3.10. The van der Waals surface area contributed by atoms with E-state index < -0.39 is 0 Å². The lowest BCUT2D eigenvalue weighted by atomic mass is 10.3. The number of hydrogen-bond acceptors (Lipinski definition) is 7. The van der Waals surface area contributed by atoms with E-state index in [-0.39, 0.29) is 6.61 Å². The van der Waals surface area contributed by atoms with Crippen LogP contribution in [0.15, 0.2) is 21.3 Å². The number of thiophene rings is 1. The molecule has 3 heterocycles. The van der Waals surface area contributed by atoms with E-state index >= 15 is 0 Å². The largest absolute Gasteiger partial charge is 0.395 e. The molecule has 0 atom stereocenters. The van der Waals surface area contributed by atoms with Gasteiger partial charge in [0.1, 0.15) is 0 Å². The number of nitrogens with zero attached hydrogens (tertiary/aromatic N) is 4. The monoisotopic (exact) mass is 308 g/mol. The van der Waals surface area contributed by atoms with Gasteiger partial charge in [-0.15, -0.1) is 0 Å². The predicted octanol–water partition coefficient (Wildman–Crippen LogP) is 1.30. The van der Waals surface area contributed by atoms with Crippen LogP contribution < -0.4 is 0 Å². The molecule has 1 fully saturated rings. The summed E-state index contributed by atoms with van der Waals surface area (Å²) >= 11 is 1.62. The molecule has 0 saturated carbocycles. The van der Waals surface area contributed by atoms with Crippen molar-refractivity contribution in [1.29, 1.82) is 0 Å². The smallest absolute Gasteiger partial charge is 0.258 e. The molecule has 0 radical (unpaired) electrons. The first kappa shape index (κ1) is 14.6. The molecule has 3 rings (SSSR count). The van der Waals surface area contributed by atoms with Crippen molar-refractivity contribution in [3.63, 3.8) is 0 Å². The molecular weight excluding hydrogens is 288 g/mol. The van der Waals surface area contributed by atoms with Gasteiger partial charge in [0.25, 0.3) is 5.89 Å². The highest BCUT2D eigenvalue weighted by atomic mass is 32.1. The Hall–Kier alpha value is -1.28. The third-order valence-corrected chi connectivity index (χ3v) is 4.38. The van der Waals surface area contributed by atoms with Crippen LogP contribution in [0.3, 0.4) is 0 Å². The first-order chi connectivity index (χ1) is 10.3. The summed E-state index contributed by atoms with van der Waals surface area (Å²) in [5, 5.41) is 17.1. The molecule has 1 aliphatic heterocycles. The maximum Gasteiger partial charge on any atom is 0.258 e. The van der Waals surface area contributed by atoms with E-state index in [0.29, 0.717) is 5.89 Å². The molecule has 7 heteroatoms. The molecule has 2 aromatic heterocycles. The molecule has 1 aliphatic rings. The second-order valence-electron chi connectivity index (χ2n) is 5.22. The van der Waals surface area contributed by atoms with E-state index in [1.807, 2.05) is 16.8 Å². The maximum absolute atomic E-state index is 9.02. The fourth-order valence-corrected chi connectivity index (χ4v) is 3.20. The summed E-state index contributed by atoms with van der Waals surface area (Å²) in [6, 6.07) is 1.99. The van der Waals surface area contributed by atoms with Gasteiger partial charge in [0.2, 0.25) is 0 Å². The Morgan fingerprint density at radius 3 is 2.90 bits per heavy atom. The van der Waals surface area contributed by atoms with Crippen LogP contribution in [0.2, 0.25) is 0 Å².